The van der Waals surface area contributed by atoms with Crippen LogP contribution in [-0.4, -0.2) is 37.2 Å². The van der Waals surface area contributed by atoms with Gasteiger partial charge < -0.3 is 20.3 Å². The van der Waals surface area contributed by atoms with E-state index in [0.717, 1.165) is 50.8 Å². The smallest absolute Gasteiger partial charge is 0.251 e. The molecule has 0 saturated carbocycles. The summed E-state index contributed by atoms with van der Waals surface area (Å²) >= 11 is 0. The van der Waals surface area contributed by atoms with Gasteiger partial charge in [-0.05, 0) is 34.9 Å². The van der Waals surface area contributed by atoms with Crippen LogP contribution in [0.15, 0.2) is 36.5 Å². The molecule has 3 heterocycles. The van der Waals surface area contributed by atoms with Gasteiger partial charge in [-0.2, -0.15) is 0 Å². The summed E-state index contributed by atoms with van der Waals surface area (Å²) in [6.07, 6.45) is 1.83. The third-order valence-electron chi connectivity index (χ3n) is 4.70. The van der Waals surface area contributed by atoms with Crippen molar-refractivity contribution in [3.8, 4) is 0 Å². The Morgan fingerprint density at radius 3 is 2.63 bits per heavy atom. The number of hydrogen-bond acceptors (Lipinski definition) is 5. The molecule has 8 heteroatoms. The molecule has 0 spiro atoms. The number of carbonyl (C=O) groups excluding carboxylic acids is 1. The Labute approximate surface area is 171 Å². The Bertz CT molecular complexity index is 765. The van der Waals surface area contributed by atoms with Gasteiger partial charge in [-0.1, -0.05) is 12.1 Å². The zero-order valence-corrected chi connectivity index (χ0v) is 16.6. The first-order chi connectivity index (χ1) is 12.3. The van der Waals surface area contributed by atoms with Crippen LogP contribution in [0.3, 0.4) is 0 Å². The highest BCUT2D eigenvalue weighted by molar-refractivity contribution is 5.94. The molecule has 0 atom stereocenters. The molecule has 1 aromatic carbocycles. The Kier molecular flexibility index (Phi) is 7.86. The largest absolute Gasteiger partial charge is 0.378 e. The molecule has 2 N–H and O–H groups in total. The predicted octanol–water partition coefficient (Wildman–Crippen LogP) is 2.29. The minimum atomic E-state index is -0.0491. The van der Waals surface area contributed by atoms with Crippen molar-refractivity contribution in [2.75, 3.05) is 31.2 Å². The average Bonchev–Trinajstić information content (AvgIpc) is 3.15. The van der Waals surface area contributed by atoms with Crippen LogP contribution in [0.5, 0.6) is 0 Å². The van der Waals surface area contributed by atoms with Crippen molar-refractivity contribution in [2.24, 2.45) is 0 Å². The first-order valence-corrected chi connectivity index (χ1v) is 8.68. The molecule has 0 radical (unpaired) electrons. The number of nitrogens with zero attached hydrogens (tertiary/aromatic N) is 2. The molecule has 146 valence electrons. The molecule has 2 aromatic rings. The van der Waals surface area contributed by atoms with Crippen molar-refractivity contribution >= 4 is 36.5 Å². The highest BCUT2D eigenvalue weighted by Crippen LogP contribution is 2.17. The van der Waals surface area contributed by atoms with Gasteiger partial charge in [0.15, 0.2) is 0 Å². The van der Waals surface area contributed by atoms with Crippen molar-refractivity contribution in [1.82, 2.24) is 15.6 Å². The van der Waals surface area contributed by atoms with Gasteiger partial charge in [0.05, 0.1) is 13.2 Å². The van der Waals surface area contributed by atoms with E-state index >= 15 is 0 Å². The molecular weight excluding hydrogens is 387 g/mol. The number of amides is 1. The van der Waals surface area contributed by atoms with Gasteiger partial charge >= 0.3 is 0 Å². The van der Waals surface area contributed by atoms with Crippen LogP contribution in [-0.2, 0) is 24.4 Å². The summed E-state index contributed by atoms with van der Waals surface area (Å²) in [6, 6.07) is 9.92. The van der Waals surface area contributed by atoms with Crippen LogP contribution in [0.4, 0.5) is 5.82 Å². The summed E-state index contributed by atoms with van der Waals surface area (Å²) in [6.45, 7) is 5.43. The monoisotopic (exact) mass is 410 g/mol. The number of carbonyl (C=O) groups is 1. The van der Waals surface area contributed by atoms with Gasteiger partial charge in [-0.3, -0.25) is 4.79 Å². The Balaban J connectivity index is 0.00000131. The number of rotatable bonds is 4. The zero-order chi connectivity index (χ0) is 17.1. The van der Waals surface area contributed by atoms with E-state index in [1.165, 1.54) is 11.1 Å². The summed E-state index contributed by atoms with van der Waals surface area (Å²) < 4.78 is 5.36. The van der Waals surface area contributed by atoms with Crippen molar-refractivity contribution < 1.29 is 9.53 Å². The number of fused-ring (bicyclic) bond motifs is 1. The standard InChI is InChI=1S/C19H22N4O2.2ClH/c24-19(15-2-3-16-12-20-13-17(16)9-15)22-11-14-1-4-18(21-10-14)23-5-7-25-8-6-23;;/h1-4,9-10,20H,5-8,11-13H2,(H,22,24);2*1H. The normalized spacial score (nSPS) is 15.3. The number of pyridine rings is 1. The third kappa shape index (κ3) is 5.11. The lowest BCUT2D eigenvalue weighted by molar-refractivity contribution is 0.0950. The van der Waals surface area contributed by atoms with Gasteiger partial charge in [-0.25, -0.2) is 4.98 Å². The molecule has 1 saturated heterocycles. The molecule has 27 heavy (non-hydrogen) atoms. The molecule has 1 aromatic heterocycles. The van der Waals surface area contributed by atoms with Gasteiger partial charge in [-0.15, -0.1) is 24.8 Å². The SMILES string of the molecule is Cl.Cl.O=C(NCc1ccc(N2CCOCC2)nc1)c1ccc2c(c1)CNC2. The van der Waals surface area contributed by atoms with E-state index in [0.29, 0.717) is 12.1 Å². The molecule has 2 aliphatic rings. The maximum Gasteiger partial charge on any atom is 0.251 e. The lowest BCUT2D eigenvalue weighted by Gasteiger charge is -2.27. The fraction of sp³-hybridized carbons (Fsp3) is 0.368. The Morgan fingerprint density at radius 2 is 1.89 bits per heavy atom. The number of nitrogens with one attached hydrogen (secondary N) is 2. The number of aromatic nitrogens is 1. The van der Waals surface area contributed by atoms with Crippen molar-refractivity contribution in [3.05, 3.63) is 58.8 Å². The number of hydrogen-bond donors (Lipinski definition) is 2. The van der Waals surface area contributed by atoms with Crippen LogP contribution in [0.1, 0.15) is 27.0 Å². The van der Waals surface area contributed by atoms with E-state index in [2.05, 4.69) is 20.5 Å². The lowest BCUT2D eigenvalue weighted by Crippen LogP contribution is -2.36. The first-order valence-electron chi connectivity index (χ1n) is 8.68. The lowest BCUT2D eigenvalue weighted by atomic mass is 10.1. The number of morpholine rings is 1. The second-order valence-corrected chi connectivity index (χ2v) is 6.39. The van der Waals surface area contributed by atoms with E-state index < -0.39 is 0 Å². The molecule has 6 nitrogen and oxygen atoms in total. The van der Waals surface area contributed by atoms with Gasteiger partial charge in [0.1, 0.15) is 5.82 Å². The summed E-state index contributed by atoms with van der Waals surface area (Å²) in [7, 11) is 0. The first kappa shape index (κ1) is 21.4. The maximum atomic E-state index is 12.4. The topological polar surface area (TPSA) is 66.5 Å². The third-order valence-corrected chi connectivity index (χ3v) is 4.70. The van der Waals surface area contributed by atoms with Crippen LogP contribution in [0, 0.1) is 0 Å². The number of halogens is 2. The van der Waals surface area contributed by atoms with Gasteiger partial charge in [0.25, 0.3) is 5.91 Å². The summed E-state index contributed by atoms with van der Waals surface area (Å²) in [5.74, 6) is 0.913. The second-order valence-electron chi connectivity index (χ2n) is 6.39. The Hall–Kier alpha value is -1.86. The van der Waals surface area contributed by atoms with Crippen LogP contribution in [0.25, 0.3) is 0 Å². The average molecular weight is 411 g/mol. The molecule has 0 aliphatic carbocycles. The molecule has 4 rings (SSSR count). The summed E-state index contributed by atoms with van der Waals surface area (Å²) in [5.41, 5.74) is 4.19. The summed E-state index contributed by atoms with van der Waals surface area (Å²) in [5, 5.41) is 6.26. The van der Waals surface area contributed by atoms with Crippen molar-refractivity contribution in [2.45, 2.75) is 19.6 Å². The zero-order valence-electron chi connectivity index (χ0n) is 14.9. The molecule has 1 fully saturated rings. The maximum absolute atomic E-state index is 12.4. The molecule has 0 unspecified atom stereocenters. The van der Waals surface area contributed by atoms with E-state index in [9.17, 15) is 4.79 Å². The number of ether oxygens (including phenoxy) is 1. The van der Waals surface area contributed by atoms with E-state index in [4.69, 9.17) is 4.74 Å². The van der Waals surface area contributed by atoms with Gasteiger partial charge in [0.2, 0.25) is 0 Å². The molecule has 0 bridgehead atoms. The van der Waals surface area contributed by atoms with E-state index in [1.807, 2.05) is 36.5 Å². The van der Waals surface area contributed by atoms with Crippen LogP contribution < -0.4 is 15.5 Å². The molecule has 1 amide bonds. The van der Waals surface area contributed by atoms with Gasteiger partial charge in [0, 0.05) is 44.5 Å². The fourth-order valence-electron chi connectivity index (χ4n) is 3.22. The quantitative estimate of drug-likeness (QED) is 0.809. The van der Waals surface area contributed by atoms with Crippen LogP contribution in [0.2, 0.25) is 0 Å². The molecular formula is C19H24Cl2N4O2. The minimum absolute atomic E-state index is 0. The van der Waals surface area contributed by atoms with Crippen molar-refractivity contribution in [1.29, 1.82) is 0 Å². The fourth-order valence-corrected chi connectivity index (χ4v) is 3.22. The second kappa shape index (κ2) is 9.90. The number of anilines is 1. The predicted molar refractivity (Wildman–Crippen MR) is 110 cm³/mol. The minimum Gasteiger partial charge on any atom is -0.378 e. The summed E-state index contributed by atoms with van der Waals surface area (Å²) in [4.78, 5) is 19.1. The van der Waals surface area contributed by atoms with Crippen LogP contribution >= 0.6 is 24.8 Å². The highest BCUT2D eigenvalue weighted by Gasteiger charge is 2.14. The van der Waals surface area contributed by atoms with Crippen molar-refractivity contribution in [3.63, 3.8) is 0 Å². The Morgan fingerprint density at radius 1 is 1.11 bits per heavy atom. The highest BCUT2D eigenvalue weighted by atomic mass is 35.5. The number of benzene rings is 1. The van der Waals surface area contributed by atoms with E-state index in [1.54, 1.807) is 0 Å². The van der Waals surface area contributed by atoms with E-state index in [-0.39, 0.29) is 30.7 Å². The molecule has 2 aliphatic heterocycles.